The minimum Gasteiger partial charge on any atom is -0.396 e. The van der Waals surface area contributed by atoms with Crippen molar-refractivity contribution in [3.8, 4) is 0 Å². The van der Waals surface area contributed by atoms with Gasteiger partial charge in [-0.15, -0.1) is 0 Å². The Bertz CT molecular complexity index is 139. The molecule has 2 heterocycles. The van der Waals surface area contributed by atoms with Gasteiger partial charge in [0, 0.05) is 25.7 Å². The van der Waals surface area contributed by atoms with Crippen molar-refractivity contribution in [1.29, 1.82) is 0 Å². The van der Waals surface area contributed by atoms with E-state index in [4.69, 9.17) is 5.11 Å². The van der Waals surface area contributed by atoms with Crippen molar-refractivity contribution in [2.75, 3.05) is 19.7 Å². The first-order valence-corrected chi connectivity index (χ1v) is 4.28. The van der Waals surface area contributed by atoms with Gasteiger partial charge >= 0.3 is 0 Å². The van der Waals surface area contributed by atoms with Crippen LogP contribution in [0.2, 0.25) is 0 Å². The van der Waals surface area contributed by atoms with E-state index in [9.17, 15) is 4.39 Å². The molecule has 0 aliphatic carbocycles. The van der Waals surface area contributed by atoms with Crippen LogP contribution < -0.4 is 0 Å². The second-order valence-corrected chi connectivity index (χ2v) is 3.73. The fourth-order valence-electron chi connectivity index (χ4n) is 2.31. The highest BCUT2D eigenvalue weighted by Gasteiger charge is 2.39. The lowest BCUT2D eigenvalue weighted by molar-refractivity contribution is 0.214. The standard InChI is InChI=1S/C8H14FNO/c9-7-2-8-1-6(5-11)3-10(8)4-7/h6-8,11H,1-5H2/t6-,7+,8?/m0/s1. The van der Waals surface area contributed by atoms with Crippen LogP contribution in [0.15, 0.2) is 0 Å². The Hall–Kier alpha value is -0.150. The molecule has 1 unspecified atom stereocenters. The molecule has 2 nitrogen and oxygen atoms in total. The van der Waals surface area contributed by atoms with Gasteiger partial charge in [0.15, 0.2) is 0 Å². The summed E-state index contributed by atoms with van der Waals surface area (Å²) in [6.07, 6.45) is 1.08. The lowest BCUT2D eigenvalue weighted by atomic mass is 10.0. The molecule has 64 valence electrons. The maximum absolute atomic E-state index is 12.8. The van der Waals surface area contributed by atoms with Gasteiger partial charge in [-0.2, -0.15) is 0 Å². The molecule has 1 N–H and O–H groups in total. The SMILES string of the molecule is OC[C@H]1CC2C[C@@H](F)CN2C1. The molecular formula is C8H14FNO. The van der Waals surface area contributed by atoms with Gasteiger partial charge in [0.05, 0.1) is 0 Å². The van der Waals surface area contributed by atoms with Gasteiger partial charge in [0.1, 0.15) is 6.17 Å². The third-order valence-electron chi connectivity index (χ3n) is 2.83. The number of fused-ring (bicyclic) bond motifs is 1. The van der Waals surface area contributed by atoms with E-state index in [1.165, 1.54) is 0 Å². The second-order valence-electron chi connectivity index (χ2n) is 3.73. The monoisotopic (exact) mass is 159 g/mol. The van der Waals surface area contributed by atoms with Crippen molar-refractivity contribution in [3.05, 3.63) is 0 Å². The summed E-state index contributed by atoms with van der Waals surface area (Å²) in [4.78, 5) is 2.17. The zero-order valence-electron chi connectivity index (χ0n) is 6.54. The van der Waals surface area contributed by atoms with Crippen LogP contribution >= 0.6 is 0 Å². The van der Waals surface area contributed by atoms with E-state index in [0.717, 1.165) is 13.0 Å². The zero-order chi connectivity index (χ0) is 7.84. The molecule has 0 saturated carbocycles. The minimum absolute atomic E-state index is 0.268. The molecule has 0 bridgehead atoms. The Morgan fingerprint density at radius 2 is 2.18 bits per heavy atom. The maximum Gasteiger partial charge on any atom is 0.114 e. The summed E-state index contributed by atoms with van der Waals surface area (Å²) in [5, 5.41) is 8.87. The number of alkyl halides is 1. The summed E-state index contributed by atoms with van der Waals surface area (Å²) in [5.41, 5.74) is 0. The number of halogens is 1. The Morgan fingerprint density at radius 1 is 1.36 bits per heavy atom. The minimum atomic E-state index is -0.611. The number of hydrogen-bond acceptors (Lipinski definition) is 2. The molecule has 0 radical (unpaired) electrons. The molecule has 0 spiro atoms. The predicted molar refractivity (Wildman–Crippen MR) is 40.1 cm³/mol. The number of rotatable bonds is 1. The smallest absolute Gasteiger partial charge is 0.114 e. The van der Waals surface area contributed by atoms with Crippen LogP contribution in [0, 0.1) is 5.92 Å². The summed E-state index contributed by atoms with van der Waals surface area (Å²) in [5.74, 6) is 0.410. The average Bonchev–Trinajstić information content (AvgIpc) is 2.43. The van der Waals surface area contributed by atoms with E-state index in [0.29, 0.717) is 24.9 Å². The highest BCUT2D eigenvalue weighted by molar-refractivity contribution is 4.93. The van der Waals surface area contributed by atoms with Crippen LogP contribution in [0.1, 0.15) is 12.8 Å². The fraction of sp³-hybridized carbons (Fsp3) is 1.00. The van der Waals surface area contributed by atoms with Crippen molar-refractivity contribution in [2.45, 2.75) is 25.1 Å². The largest absolute Gasteiger partial charge is 0.396 e. The van der Waals surface area contributed by atoms with E-state index >= 15 is 0 Å². The van der Waals surface area contributed by atoms with E-state index in [2.05, 4.69) is 4.90 Å². The first-order chi connectivity index (χ1) is 5.29. The highest BCUT2D eigenvalue weighted by atomic mass is 19.1. The van der Waals surface area contributed by atoms with E-state index in [1.807, 2.05) is 0 Å². The molecule has 3 atom stereocenters. The first kappa shape index (κ1) is 7.50. The molecule has 2 rings (SSSR count). The Morgan fingerprint density at radius 3 is 2.82 bits per heavy atom. The summed E-state index contributed by atoms with van der Waals surface area (Å²) < 4.78 is 12.8. The third-order valence-corrected chi connectivity index (χ3v) is 2.83. The van der Waals surface area contributed by atoms with Gasteiger partial charge in [-0.3, -0.25) is 4.90 Å². The second kappa shape index (κ2) is 2.72. The number of hydrogen-bond donors (Lipinski definition) is 1. The normalized spacial score (nSPS) is 44.7. The van der Waals surface area contributed by atoms with Gasteiger partial charge < -0.3 is 5.11 Å². The molecule has 0 aromatic carbocycles. The number of aliphatic hydroxyl groups excluding tert-OH is 1. The van der Waals surface area contributed by atoms with Crippen molar-refractivity contribution < 1.29 is 9.50 Å². The van der Waals surface area contributed by atoms with Gasteiger partial charge in [-0.25, -0.2) is 4.39 Å². The lowest BCUT2D eigenvalue weighted by Gasteiger charge is -2.12. The molecule has 2 aliphatic rings. The molecule has 3 heteroatoms. The first-order valence-electron chi connectivity index (χ1n) is 4.28. The van der Waals surface area contributed by atoms with E-state index < -0.39 is 6.17 Å². The van der Waals surface area contributed by atoms with Crippen LogP contribution in [0.5, 0.6) is 0 Å². The molecule has 11 heavy (non-hydrogen) atoms. The van der Waals surface area contributed by atoms with Crippen LogP contribution in [0.4, 0.5) is 4.39 Å². The van der Waals surface area contributed by atoms with Gasteiger partial charge in [0.2, 0.25) is 0 Å². The fourth-order valence-corrected chi connectivity index (χ4v) is 2.31. The van der Waals surface area contributed by atoms with Crippen LogP contribution in [-0.4, -0.2) is 41.9 Å². The van der Waals surface area contributed by atoms with Crippen molar-refractivity contribution in [1.82, 2.24) is 4.90 Å². The molecule has 0 aromatic rings. The number of nitrogens with zero attached hydrogens (tertiary/aromatic N) is 1. The molecule has 2 saturated heterocycles. The third kappa shape index (κ3) is 1.27. The maximum atomic E-state index is 12.8. The summed E-state index contributed by atoms with van der Waals surface area (Å²) >= 11 is 0. The average molecular weight is 159 g/mol. The van der Waals surface area contributed by atoms with Crippen molar-refractivity contribution >= 4 is 0 Å². The zero-order valence-corrected chi connectivity index (χ0v) is 6.54. The van der Waals surface area contributed by atoms with Crippen molar-refractivity contribution in [3.63, 3.8) is 0 Å². The summed E-state index contributed by atoms with van der Waals surface area (Å²) in [6.45, 7) is 1.77. The topological polar surface area (TPSA) is 23.5 Å². The predicted octanol–water partition coefficient (Wildman–Crippen LogP) is 0.411. The van der Waals surface area contributed by atoms with Crippen molar-refractivity contribution in [2.24, 2.45) is 5.92 Å². The number of aliphatic hydroxyl groups is 1. The molecule has 2 aliphatic heterocycles. The Labute approximate surface area is 66.0 Å². The van der Waals surface area contributed by atoms with Gasteiger partial charge in [-0.05, 0) is 18.8 Å². The summed E-state index contributed by atoms with van der Waals surface area (Å²) in [7, 11) is 0. The van der Waals surface area contributed by atoms with Crippen LogP contribution in [0.25, 0.3) is 0 Å². The summed E-state index contributed by atoms with van der Waals surface area (Å²) in [6, 6.07) is 0.433. The van der Waals surface area contributed by atoms with Gasteiger partial charge in [-0.1, -0.05) is 0 Å². The van der Waals surface area contributed by atoms with E-state index in [1.54, 1.807) is 0 Å². The van der Waals surface area contributed by atoms with E-state index in [-0.39, 0.29) is 6.61 Å². The highest BCUT2D eigenvalue weighted by Crippen LogP contribution is 2.32. The van der Waals surface area contributed by atoms with Gasteiger partial charge in [0.25, 0.3) is 0 Å². The Kier molecular flexibility index (Phi) is 1.85. The molecular weight excluding hydrogens is 145 g/mol. The quantitative estimate of drug-likeness (QED) is 0.599. The van der Waals surface area contributed by atoms with Crippen LogP contribution in [-0.2, 0) is 0 Å². The molecule has 0 amide bonds. The van der Waals surface area contributed by atoms with Crippen LogP contribution in [0.3, 0.4) is 0 Å². The molecule has 0 aromatic heterocycles. The Balaban J connectivity index is 1.93. The molecule has 2 fully saturated rings. The lowest BCUT2D eigenvalue weighted by Crippen LogP contribution is -2.24.